The molecule has 1 saturated carbocycles. The summed E-state index contributed by atoms with van der Waals surface area (Å²) in [5.74, 6) is 9.02. The zero-order valence-corrected chi connectivity index (χ0v) is 14.7. The van der Waals surface area contributed by atoms with Gasteiger partial charge in [-0.3, -0.25) is 0 Å². The minimum Gasteiger partial charge on any atom is -0.494 e. The fraction of sp³-hybridized carbons (Fsp3) is 0.545. The monoisotopic (exact) mass is 310 g/mol. The molecule has 1 heteroatoms. The molecule has 0 bridgehead atoms. The minimum absolute atomic E-state index is 0.738. The van der Waals surface area contributed by atoms with Crippen LogP contribution in [0.25, 0.3) is 0 Å². The SMILES string of the molecule is CCCOc1ccc(C#C/C=C/[C@H]2CC[C@H](CCC)CC2)cc1. The van der Waals surface area contributed by atoms with Gasteiger partial charge in [-0.05, 0) is 74.3 Å². The van der Waals surface area contributed by atoms with E-state index >= 15 is 0 Å². The van der Waals surface area contributed by atoms with Crippen molar-refractivity contribution in [1.29, 1.82) is 0 Å². The molecule has 0 unspecified atom stereocenters. The Balaban J connectivity index is 1.76. The quantitative estimate of drug-likeness (QED) is 0.586. The van der Waals surface area contributed by atoms with Crippen LogP contribution in [0.15, 0.2) is 36.4 Å². The van der Waals surface area contributed by atoms with Crippen LogP contribution in [-0.2, 0) is 0 Å². The first kappa shape index (κ1) is 17.7. The van der Waals surface area contributed by atoms with E-state index in [1.807, 2.05) is 30.3 Å². The van der Waals surface area contributed by atoms with Gasteiger partial charge in [0.25, 0.3) is 0 Å². The Hall–Kier alpha value is -1.68. The van der Waals surface area contributed by atoms with Crippen LogP contribution in [0.4, 0.5) is 0 Å². The summed E-state index contributed by atoms with van der Waals surface area (Å²) >= 11 is 0. The Morgan fingerprint density at radius 3 is 2.43 bits per heavy atom. The van der Waals surface area contributed by atoms with Crippen LogP contribution in [0.2, 0.25) is 0 Å². The molecule has 0 N–H and O–H groups in total. The van der Waals surface area contributed by atoms with Gasteiger partial charge < -0.3 is 4.74 Å². The Morgan fingerprint density at radius 1 is 1.04 bits per heavy atom. The van der Waals surface area contributed by atoms with E-state index in [9.17, 15) is 0 Å². The van der Waals surface area contributed by atoms with Gasteiger partial charge in [0.15, 0.2) is 0 Å². The highest BCUT2D eigenvalue weighted by molar-refractivity contribution is 5.40. The molecule has 124 valence electrons. The van der Waals surface area contributed by atoms with E-state index in [-0.39, 0.29) is 0 Å². The predicted molar refractivity (Wildman–Crippen MR) is 98.6 cm³/mol. The minimum atomic E-state index is 0.738. The molecule has 1 aliphatic rings. The number of rotatable bonds is 6. The van der Waals surface area contributed by atoms with E-state index in [2.05, 4.69) is 31.8 Å². The Kier molecular flexibility index (Phi) is 7.81. The second kappa shape index (κ2) is 10.2. The number of hydrogen-bond acceptors (Lipinski definition) is 1. The van der Waals surface area contributed by atoms with Crippen LogP contribution in [0.3, 0.4) is 0 Å². The summed E-state index contributed by atoms with van der Waals surface area (Å²) < 4.78 is 5.58. The molecular formula is C22H30O. The first-order valence-electron chi connectivity index (χ1n) is 9.22. The molecule has 0 spiro atoms. The summed E-state index contributed by atoms with van der Waals surface area (Å²) in [5, 5.41) is 0. The Morgan fingerprint density at radius 2 is 1.78 bits per heavy atom. The number of allylic oxidation sites excluding steroid dienone is 2. The zero-order valence-electron chi connectivity index (χ0n) is 14.7. The molecule has 23 heavy (non-hydrogen) atoms. The van der Waals surface area contributed by atoms with E-state index in [4.69, 9.17) is 4.74 Å². The molecule has 1 nitrogen and oxygen atoms in total. The molecule has 2 rings (SSSR count). The van der Waals surface area contributed by atoms with Gasteiger partial charge in [-0.2, -0.15) is 0 Å². The van der Waals surface area contributed by atoms with E-state index in [1.165, 1.54) is 38.5 Å². The van der Waals surface area contributed by atoms with Gasteiger partial charge in [0.05, 0.1) is 6.61 Å². The van der Waals surface area contributed by atoms with Gasteiger partial charge in [-0.25, -0.2) is 0 Å². The highest BCUT2D eigenvalue weighted by Gasteiger charge is 2.18. The molecular weight excluding hydrogens is 280 g/mol. The summed E-state index contributed by atoms with van der Waals surface area (Å²) in [6, 6.07) is 8.06. The van der Waals surface area contributed by atoms with Crippen molar-refractivity contribution < 1.29 is 4.74 Å². The first-order valence-corrected chi connectivity index (χ1v) is 9.22. The van der Waals surface area contributed by atoms with Gasteiger partial charge in [0.1, 0.15) is 5.75 Å². The van der Waals surface area contributed by atoms with E-state index in [1.54, 1.807) is 0 Å². The maximum Gasteiger partial charge on any atom is 0.119 e. The third-order valence-corrected chi connectivity index (χ3v) is 4.58. The zero-order chi connectivity index (χ0) is 16.3. The number of ether oxygens (including phenoxy) is 1. The third-order valence-electron chi connectivity index (χ3n) is 4.58. The molecule has 0 atom stereocenters. The van der Waals surface area contributed by atoms with Crippen molar-refractivity contribution in [2.45, 2.75) is 58.8 Å². The van der Waals surface area contributed by atoms with Crippen LogP contribution in [-0.4, -0.2) is 6.61 Å². The molecule has 1 aromatic rings. The molecule has 0 amide bonds. The maximum atomic E-state index is 5.58. The van der Waals surface area contributed by atoms with Crippen molar-refractivity contribution in [3.8, 4) is 17.6 Å². The van der Waals surface area contributed by atoms with Crippen LogP contribution in [0.1, 0.15) is 64.4 Å². The van der Waals surface area contributed by atoms with Crippen LogP contribution >= 0.6 is 0 Å². The molecule has 0 aromatic heterocycles. The van der Waals surface area contributed by atoms with Crippen molar-refractivity contribution in [2.75, 3.05) is 6.61 Å². The van der Waals surface area contributed by atoms with Gasteiger partial charge in [-0.15, -0.1) is 0 Å². The molecule has 0 saturated heterocycles. The summed E-state index contributed by atoms with van der Waals surface area (Å²) in [4.78, 5) is 0. The van der Waals surface area contributed by atoms with Crippen molar-refractivity contribution in [1.82, 2.24) is 0 Å². The highest BCUT2D eigenvalue weighted by atomic mass is 16.5. The Bertz CT molecular complexity index is 521. The standard InChI is InChI=1S/C22H30O/c1-3-7-19-10-12-20(13-11-19)8-5-6-9-21-14-16-22(17-15-21)23-18-4-2/h5,8,14-17,19-20H,3-4,7,10-13,18H2,1-2H3/b8-5+/t19-,20-. The second-order valence-corrected chi connectivity index (χ2v) is 6.57. The lowest BCUT2D eigenvalue weighted by atomic mass is 9.80. The topological polar surface area (TPSA) is 9.23 Å². The normalized spacial score (nSPS) is 21.0. The van der Waals surface area contributed by atoms with Crippen molar-refractivity contribution in [3.05, 3.63) is 42.0 Å². The highest BCUT2D eigenvalue weighted by Crippen LogP contribution is 2.31. The molecule has 0 aliphatic heterocycles. The fourth-order valence-electron chi connectivity index (χ4n) is 3.24. The third kappa shape index (κ3) is 6.53. The summed E-state index contributed by atoms with van der Waals surface area (Å²) in [6.45, 7) is 5.18. The molecule has 1 aliphatic carbocycles. The van der Waals surface area contributed by atoms with Crippen molar-refractivity contribution in [2.24, 2.45) is 11.8 Å². The van der Waals surface area contributed by atoms with Gasteiger partial charge in [0, 0.05) is 5.56 Å². The second-order valence-electron chi connectivity index (χ2n) is 6.57. The fourth-order valence-corrected chi connectivity index (χ4v) is 3.24. The van der Waals surface area contributed by atoms with Crippen LogP contribution in [0, 0.1) is 23.7 Å². The number of benzene rings is 1. The van der Waals surface area contributed by atoms with Gasteiger partial charge >= 0.3 is 0 Å². The molecule has 1 fully saturated rings. The largest absolute Gasteiger partial charge is 0.494 e. The van der Waals surface area contributed by atoms with Crippen LogP contribution < -0.4 is 4.74 Å². The smallest absolute Gasteiger partial charge is 0.119 e. The summed E-state index contributed by atoms with van der Waals surface area (Å²) in [6.07, 6.45) is 13.6. The molecule has 0 radical (unpaired) electrons. The first-order chi connectivity index (χ1) is 11.3. The van der Waals surface area contributed by atoms with Crippen molar-refractivity contribution >= 4 is 0 Å². The number of hydrogen-bond donors (Lipinski definition) is 0. The van der Waals surface area contributed by atoms with Crippen molar-refractivity contribution in [3.63, 3.8) is 0 Å². The van der Waals surface area contributed by atoms with E-state index < -0.39 is 0 Å². The predicted octanol–water partition coefficient (Wildman–Crippen LogP) is 5.99. The summed E-state index contributed by atoms with van der Waals surface area (Å²) in [5.41, 5.74) is 1.05. The van der Waals surface area contributed by atoms with Gasteiger partial charge in [0.2, 0.25) is 0 Å². The average molecular weight is 310 g/mol. The van der Waals surface area contributed by atoms with E-state index in [0.717, 1.165) is 36.2 Å². The van der Waals surface area contributed by atoms with Crippen LogP contribution in [0.5, 0.6) is 5.75 Å². The lowest BCUT2D eigenvalue weighted by molar-refractivity contribution is 0.294. The lowest BCUT2D eigenvalue weighted by Gasteiger charge is -2.26. The average Bonchev–Trinajstić information content (AvgIpc) is 2.59. The Labute approximate surface area is 142 Å². The van der Waals surface area contributed by atoms with Gasteiger partial charge in [-0.1, -0.05) is 44.6 Å². The van der Waals surface area contributed by atoms with E-state index in [0.29, 0.717) is 0 Å². The lowest BCUT2D eigenvalue weighted by Crippen LogP contribution is -2.12. The maximum absolute atomic E-state index is 5.58. The molecule has 1 aromatic carbocycles. The molecule has 0 heterocycles. The summed E-state index contributed by atoms with van der Waals surface area (Å²) in [7, 11) is 0.